The lowest BCUT2D eigenvalue weighted by Gasteiger charge is -2.34. The van der Waals surface area contributed by atoms with Crippen molar-refractivity contribution in [3.63, 3.8) is 0 Å². The van der Waals surface area contributed by atoms with Crippen LogP contribution in [0.5, 0.6) is 0 Å². The fourth-order valence-corrected chi connectivity index (χ4v) is 6.75. The minimum atomic E-state index is -4.15. The van der Waals surface area contributed by atoms with Gasteiger partial charge in [-0.05, 0) is 68.5 Å². The van der Waals surface area contributed by atoms with Crippen molar-refractivity contribution in [3.05, 3.63) is 94.5 Å². The van der Waals surface area contributed by atoms with Gasteiger partial charge in [-0.15, -0.1) is 0 Å². The highest BCUT2D eigenvalue weighted by Crippen LogP contribution is 2.29. The lowest BCUT2D eigenvalue weighted by molar-refractivity contribution is -0.140. The highest BCUT2D eigenvalue weighted by molar-refractivity contribution is 7.92. The minimum absolute atomic E-state index is 0.0632. The zero-order valence-corrected chi connectivity index (χ0v) is 25.4. The zero-order valence-electron chi connectivity index (χ0n) is 23.8. The molecule has 4 rings (SSSR count). The number of hydrogen-bond acceptors (Lipinski definition) is 4. The Morgan fingerprint density at radius 3 is 2.24 bits per heavy atom. The van der Waals surface area contributed by atoms with Crippen molar-refractivity contribution < 1.29 is 18.0 Å². The smallest absolute Gasteiger partial charge is 0.264 e. The number of hydrogen-bond donors (Lipinski definition) is 1. The number of halogens is 1. The predicted octanol–water partition coefficient (Wildman–Crippen LogP) is 6.02. The molecular formula is C32H38ClN3O4S. The number of rotatable bonds is 11. The van der Waals surface area contributed by atoms with E-state index in [9.17, 15) is 18.0 Å². The largest absolute Gasteiger partial charge is 0.352 e. The van der Waals surface area contributed by atoms with E-state index in [-0.39, 0.29) is 29.1 Å². The van der Waals surface area contributed by atoms with Gasteiger partial charge in [0, 0.05) is 17.6 Å². The number of carbonyl (C=O) groups is 2. The first-order chi connectivity index (χ1) is 19.6. The van der Waals surface area contributed by atoms with Crippen LogP contribution in [0.2, 0.25) is 5.02 Å². The Balaban J connectivity index is 1.72. The van der Waals surface area contributed by atoms with Crippen molar-refractivity contribution in [3.8, 4) is 0 Å². The van der Waals surface area contributed by atoms with Gasteiger partial charge in [-0.2, -0.15) is 0 Å². The lowest BCUT2D eigenvalue weighted by atomic mass is 10.1. The third-order valence-electron chi connectivity index (χ3n) is 7.61. The van der Waals surface area contributed by atoms with Crippen molar-refractivity contribution in [2.45, 2.75) is 76.4 Å². The Bertz CT molecular complexity index is 1460. The molecule has 0 heterocycles. The Morgan fingerprint density at radius 2 is 1.63 bits per heavy atom. The first-order valence-electron chi connectivity index (χ1n) is 14.1. The molecular weight excluding hydrogens is 558 g/mol. The molecule has 1 atom stereocenters. The van der Waals surface area contributed by atoms with E-state index >= 15 is 0 Å². The molecule has 1 aliphatic rings. The summed E-state index contributed by atoms with van der Waals surface area (Å²) >= 11 is 6.41. The van der Waals surface area contributed by atoms with Crippen LogP contribution >= 0.6 is 11.6 Å². The number of nitrogens with zero attached hydrogens (tertiary/aromatic N) is 2. The zero-order chi connectivity index (χ0) is 29.6. The molecule has 1 aliphatic carbocycles. The average Bonchev–Trinajstić information content (AvgIpc) is 3.47. The van der Waals surface area contributed by atoms with E-state index in [0.29, 0.717) is 11.4 Å². The van der Waals surface area contributed by atoms with Crippen LogP contribution in [0, 0.1) is 13.8 Å². The van der Waals surface area contributed by atoms with Crippen LogP contribution in [-0.4, -0.2) is 43.8 Å². The van der Waals surface area contributed by atoms with E-state index in [1.807, 2.05) is 51.1 Å². The van der Waals surface area contributed by atoms with Gasteiger partial charge in [0.05, 0.1) is 10.6 Å². The third kappa shape index (κ3) is 7.49. The third-order valence-corrected chi connectivity index (χ3v) is 9.81. The number of aryl methyl sites for hydroxylation is 2. The molecule has 9 heteroatoms. The van der Waals surface area contributed by atoms with Crippen molar-refractivity contribution in [2.24, 2.45) is 0 Å². The summed E-state index contributed by atoms with van der Waals surface area (Å²) in [5.41, 5.74) is 2.82. The average molecular weight is 596 g/mol. The maximum Gasteiger partial charge on any atom is 0.264 e. The second-order valence-electron chi connectivity index (χ2n) is 10.7. The van der Waals surface area contributed by atoms with Crippen LogP contribution in [0.1, 0.15) is 55.7 Å². The highest BCUT2D eigenvalue weighted by Gasteiger charge is 2.34. The van der Waals surface area contributed by atoms with Crippen LogP contribution < -0.4 is 9.62 Å². The van der Waals surface area contributed by atoms with Crippen LogP contribution in [0.4, 0.5) is 5.69 Å². The van der Waals surface area contributed by atoms with E-state index < -0.39 is 28.5 Å². The number of benzene rings is 3. The first-order valence-corrected chi connectivity index (χ1v) is 15.9. The normalized spacial score (nSPS) is 14.4. The summed E-state index contributed by atoms with van der Waals surface area (Å²) in [7, 11) is -4.15. The Kier molecular flexibility index (Phi) is 10.1. The molecule has 3 aromatic carbocycles. The van der Waals surface area contributed by atoms with E-state index in [0.717, 1.165) is 46.7 Å². The molecule has 0 unspecified atom stereocenters. The van der Waals surface area contributed by atoms with Gasteiger partial charge >= 0.3 is 0 Å². The van der Waals surface area contributed by atoms with Gasteiger partial charge in [-0.1, -0.05) is 85.5 Å². The minimum Gasteiger partial charge on any atom is -0.352 e. The number of nitrogens with one attached hydrogen (secondary N) is 1. The summed E-state index contributed by atoms with van der Waals surface area (Å²) in [5, 5.41) is 3.52. The summed E-state index contributed by atoms with van der Waals surface area (Å²) < 4.78 is 29.1. The molecule has 0 spiro atoms. The molecule has 7 nitrogen and oxygen atoms in total. The molecule has 218 valence electrons. The van der Waals surface area contributed by atoms with Gasteiger partial charge in [-0.3, -0.25) is 13.9 Å². The van der Waals surface area contributed by atoms with Gasteiger partial charge in [0.1, 0.15) is 12.6 Å². The summed E-state index contributed by atoms with van der Waals surface area (Å²) in [5.74, 6) is -0.690. The van der Waals surface area contributed by atoms with E-state index in [1.165, 1.54) is 17.0 Å². The fraction of sp³-hybridized carbons (Fsp3) is 0.375. The van der Waals surface area contributed by atoms with Crippen LogP contribution in [0.25, 0.3) is 0 Å². The molecule has 1 N–H and O–H groups in total. The molecule has 41 heavy (non-hydrogen) atoms. The summed E-state index contributed by atoms with van der Waals surface area (Å²) in [6.07, 6.45) is 4.37. The predicted molar refractivity (Wildman–Crippen MR) is 163 cm³/mol. The quantitative estimate of drug-likeness (QED) is 0.294. The SMILES string of the molecule is CC[C@@H](C(=O)NC1CCCC1)N(Cc1ccccc1)C(=O)CN(c1ccc(C)c(Cl)c1)S(=O)(=O)c1ccc(C)cc1. The van der Waals surface area contributed by atoms with Gasteiger partial charge < -0.3 is 10.2 Å². The molecule has 1 saturated carbocycles. The number of anilines is 1. The molecule has 3 aromatic rings. The van der Waals surface area contributed by atoms with Crippen molar-refractivity contribution in [1.82, 2.24) is 10.2 Å². The molecule has 2 amide bonds. The van der Waals surface area contributed by atoms with Gasteiger partial charge in [0.2, 0.25) is 11.8 Å². The Labute approximate surface area is 248 Å². The lowest BCUT2D eigenvalue weighted by Crippen LogP contribution is -2.53. The van der Waals surface area contributed by atoms with Crippen LogP contribution in [0.15, 0.2) is 77.7 Å². The van der Waals surface area contributed by atoms with Crippen molar-refractivity contribution in [2.75, 3.05) is 10.8 Å². The number of carbonyl (C=O) groups excluding carboxylic acids is 2. The molecule has 0 aromatic heterocycles. The maximum absolute atomic E-state index is 14.2. The van der Waals surface area contributed by atoms with Gasteiger partial charge in [0.25, 0.3) is 10.0 Å². The maximum atomic E-state index is 14.2. The second kappa shape index (κ2) is 13.5. The van der Waals surface area contributed by atoms with Crippen LogP contribution in [-0.2, 0) is 26.2 Å². The molecule has 0 bridgehead atoms. The highest BCUT2D eigenvalue weighted by atomic mass is 35.5. The topological polar surface area (TPSA) is 86.8 Å². The molecule has 0 aliphatic heterocycles. The van der Waals surface area contributed by atoms with Crippen molar-refractivity contribution >= 4 is 39.1 Å². The summed E-state index contributed by atoms with van der Waals surface area (Å²) in [6, 6.07) is 20.2. The second-order valence-corrected chi connectivity index (χ2v) is 12.9. The fourth-order valence-electron chi connectivity index (χ4n) is 5.17. The summed E-state index contributed by atoms with van der Waals surface area (Å²) in [4.78, 5) is 29.2. The van der Waals surface area contributed by atoms with E-state index in [2.05, 4.69) is 5.32 Å². The van der Waals surface area contributed by atoms with Gasteiger partial charge in [-0.25, -0.2) is 8.42 Å². The van der Waals surface area contributed by atoms with Crippen LogP contribution in [0.3, 0.4) is 0 Å². The molecule has 0 saturated heterocycles. The standard InChI is InChI=1S/C32H38ClN3O4S/c1-4-30(32(38)34-26-12-8-9-13-26)35(21-25-10-6-5-7-11-25)31(37)22-36(27-17-16-24(3)29(33)20-27)41(39,40)28-18-14-23(2)15-19-28/h5-7,10-11,14-20,26,30H,4,8-9,12-13,21-22H2,1-3H3,(H,34,38)/t30-/m0/s1. The first kappa shape index (κ1) is 30.6. The summed E-state index contributed by atoms with van der Waals surface area (Å²) in [6.45, 7) is 5.25. The number of amides is 2. The molecule has 0 radical (unpaired) electrons. The Hall–Kier alpha value is -3.36. The van der Waals surface area contributed by atoms with E-state index in [1.54, 1.807) is 30.3 Å². The van der Waals surface area contributed by atoms with Gasteiger partial charge in [0.15, 0.2) is 0 Å². The van der Waals surface area contributed by atoms with Crippen molar-refractivity contribution in [1.29, 1.82) is 0 Å². The Morgan fingerprint density at radius 1 is 0.976 bits per heavy atom. The number of sulfonamides is 1. The monoisotopic (exact) mass is 595 g/mol. The molecule has 1 fully saturated rings. The van der Waals surface area contributed by atoms with E-state index in [4.69, 9.17) is 11.6 Å².